The van der Waals surface area contributed by atoms with Gasteiger partial charge in [-0.05, 0) is 30.5 Å². The average Bonchev–Trinajstić information content (AvgIpc) is 2.75. The molecule has 1 heterocycles. The Hall–Kier alpha value is -2.54. The van der Waals surface area contributed by atoms with Crippen LogP contribution < -0.4 is 14.4 Å². The molecular formula is C24H30N2O4S. The van der Waals surface area contributed by atoms with Gasteiger partial charge in [0.1, 0.15) is 5.75 Å². The van der Waals surface area contributed by atoms with E-state index in [-0.39, 0.29) is 24.2 Å². The van der Waals surface area contributed by atoms with Gasteiger partial charge in [0.15, 0.2) is 6.10 Å². The first-order valence-corrected chi connectivity index (χ1v) is 12.7. The number of para-hydroxylation sites is 2. The molecule has 31 heavy (non-hydrogen) atoms. The molecule has 1 amide bonds. The molecule has 1 fully saturated rings. The number of benzene rings is 2. The van der Waals surface area contributed by atoms with Gasteiger partial charge in [-0.3, -0.25) is 9.10 Å². The molecule has 0 bridgehead atoms. The molecule has 0 saturated heterocycles. The number of carbonyl (C=O) groups is 1. The summed E-state index contributed by atoms with van der Waals surface area (Å²) in [6.45, 7) is -0.0231. The first-order valence-electron chi connectivity index (χ1n) is 11.1. The van der Waals surface area contributed by atoms with Crippen LogP contribution in [0.25, 0.3) is 0 Å². The lowest BCUT2D eigenvalue weighted by atomic mass is 9.96. The van der Waals surface area contributed by atoms with Crippen LogP contribution in [0.3, 0.4) is 0 Å². The molecule has 0 unspecified atom stereocenters. The molecule has 2 aromatic rings. The number of nitrogens with one attached hydrogen (secondary N) is 1. The number of nitrogens with zero attached hydrogens (tertiary/aromatic N) is 1. The topological polar surface area (TPSA) is 75.7 Å². The van der Waals surface area contributed by atoms with E-state index in [2.05, 4.69) is 5.32 Å². The molecule has 1 atom stereocenters. The van der Waals surface area contributed by atoms with Crippen molar-refractivity contribution in [1.29, 1.82) is 0 Å². The zero-order chi connectivity index (χ0) is 21.7. The second-order valence-corrected chi connectivity index (χ2v) is 10.3. The zero-order valence-electron chi connectivity index (χ0n) is 17.7. The monoisotopic (exact) mass is 442 g/mol. The average molecular weight is 443 g/mol. The maximum Gasteiger partial charge on any atom is 0.263 e. The fourth-order valence-corrected chi connectivity index (χ4v) is 5.94. The predicted octanol–water partition coefficient (Wildman–Crippen LogP) is 4.01. The van der Waals surface area contributed by atoms with Gasteiger partial charge in [-0.25, -0.2) is 8.42 Å². The Morgan fingerprint density at radius 2 is 1.58 bits per heavy atom. The first kappa shape index (κ1) is 21.7. The van der Waals surface area contributed by atoms with Crippen LogP contribution in [0.5, 0.6) is 5.75 Å². The van der Waals surface area contributed by atoms with E-state index >= 15 is 0 Å². The van der Waals surface area contributed by atoms with Gasteiger partial charge in [-0.2, -0.15) is 0 Å². The van der Waals surface area contributed by atoms with Gasteiger partial charge in [-0.15, -0.1) is 0 Å². The van der Waals surface area contributed by atoms with Crippen molar-refractivity contribution in [2.45, 2.75) is 62.8 Å². The molecule has 1 aliphatic carbocycles. The minimum atomic E-state index is -3.69. The summed E-state index contributed by atoms with van der Waals surface area (Å²) in [5, 5.41) is 3.12. The minimum absolute atomic E-state index is 0.0231. The van der Waals surface area contributed by atoms with E-state index in [4.69, 9.17) is 4.74 Å². The molecule has 1 saturated carbocycles. The SMILES string of the molecule is O=C(NC1CCCCCCC1)[C@@H]1CN(S(=O)(=O)Cc2ccccc2)c2ccccc2O1. The number of hydrogen-bond acceptors (Lipinski definition) is 4. The maximum absolute atomic E-state index is 13.3. The number of sulfonamides is 1. The Labute approximate surface area is 184 Å². The molecule has 166 valence electrons. The lowest BCUT2D eigenvalue weighted by Gasteiger charge is -2.35. The molecule has 0 radical (unpaired) electrons. The van der Waals surface area contributed by atoms with E-state index in [0.29, 0.717) is 17.0 Å². The van der Waals surface area contributed by atoms with E-state index in [1.54, 1.807) is 36.4 Å². The standard InChI is InChI=1S/C24H30N2O4S/c27-24(25-20-13-7-2-1-3-8-14-20)23-17-26(21-15-9-10-16-22(21)30-23)31(28,29)18-19-11-5-4-6-12-19/h4-6,9-12,15-16,20,23H,1-3,7-8,13-14,17-18H2,(H,25,27)/t23-/m0/s1. The highest BCUT2D eigenvalue weighted by molar-refractivity contribution is 7.92. The van der Waals surface area contributed by atoms with Crippen LogP contribution in [0.4, 0.5) is 5.69 Å². The molecule has 1 aliphatic heterocycles. The Morgan fingerprint density at radius 3 is 2.32 bits per heavy atom. The van der Waals surface area contributed by atoms with Crippen LogP contribution in [-0.4, -0.2) is 33.0 Å². The summed E-state index contributed by atoms with van der Waals surface area (Å²) < 4.78 is 33.9. The zero-order valence-corrected chi connectivity index (χ0v) is 18.5. The molecule has 0 spiro atoms. The molecular weight excluding hydrogens is 412 g/mol. The molecule has 4 rings (SSSR count). The van der Waals surface area contributed by atoms with Gasteiger partial charge < -0.3 is 10.1 Å². The smallest absolute Gasteiger partial charge is 0.263 e. The summed E-state index contributed by atoms with van der Waals surface area (Å²) in [5.41, 5.74) is 1.19. The fourth-order valence-electron chi connectivity index (χ4n) is 4.36. The highest BCUT2D eigenvalue weighted by atomic mass is 32.2. The third-order valence-corrected chi connectivity index (χ3v) is 7.72. The van der Waals surface area contributed by atoms with Crippen LogP contribution in [0.1, 0.15) is 50.5 Å². The quantitative estimate of drug-likeness (QED) is 0.759. The first-order chi connectivity index (χ1) is 15.0. The van der Waals surface area contributed by atoms with Crippen molar-refractivity contribution >= 4 is 21.6 Å². The van der Waals surface area contributed by atoms with Crippen molar-refractivity contribution in [2.24, 2.45) is 0 Å². The summed E-state index contributed by atoms with van der Waals surface area (Å²) in [6.07, 6.45) is 6.93. The summed E-state index contributed by atoms with van der Waals surface area (Å²) in [7, 11) is -3.69. The van der Waals surface area contributed by atoms with Crippen LogP contribution >= 0.6 is 0 Å². The maximum atomic E-state index is 13.3. The van der Waals surface area contributed by atoms with E-state index < -0.39 is 16.1 Å². The predicted molar refractivity (Wildman–Crippen MR) is 122 cm³/mol. The van der Waals surface area contributed by atoms with Crippen molar-refractivity contribution in [3.63, 3.8) is 0 Å². The van der Waals surface area contributed by atoms with Gasteiger partial charge in [0.2, 0.25) is 10.0 Å². The molecule has 7 heteroatoms. The summed E-state index contributed by atoms with van der Waals surface area (Å²) in [6, 6.07) is 16.2. The summed E-state index contributed by atoms with van der Waals surface area (Å²) in [4.78, 5) is 13.0. The van der Waals surface area contributed by atoms with E-state index in [9.17, 15) is 13.2 Å². The Kier molecular flexibility index (Phi) is 6.80. The van der Waals surface area contributed by atoms with Crippen molar-refractivity contribution in [3.8, 4) is 5.75 Å². The van der Waals surface area contributed by atoms with Crippen LogP contribution in [0.15, 0.2) is 54.6 Å². The van der Waals surface area contributed by atoms with Crippen LogP contribution in [0, 0.1) is 0 Å². The minimum Gasteiger partial charge on any atom is -0.476 e. The lowest BCUT2D eigenvalue weighted by Crippen LogP contribution is -2.52. The number of hydrogen-bond donors (Lipinski definition) is 1. The largest absolute Gasteiger partial charge is 0.476 e. The Bertz CT molecular complexity index is 986. The molecule has 2 aliphatic rings. The van der Waals surface area contributed by atoms with Crippen molar-refractivity contribution < 1.29 is 17.9 Å². The molecule has 0 aromatic heterocycles. The van der Waals surface area contributed by atoms with Gasteiger partial charge in [0.25, 0.3) is 5.91 Å². The Morgan fingerprint density at radius 1 is 0.935 bits per heavy atom. The Balaban J connectivity index is 1.53. The normalized spacial score (nSPS) is 20.1. The van der Waals surface area contributed by atoms with Crippen molar-refractivity contribution in [1.82, 2.24) is 5.32 Å². The van der Waals surface area contributed by atoms with E-state index in [0.717, 1.165) is 25.7 Å². The van der Waals surface area contributed by atoms with Crippen molar-refractivity contribution in [2.75, 3.05) is 10.8 Å². The fraction of sp³-hybridized carbons (Fsp3) is 0.458. The second kappa shape index (κ2) is 9.73. The second-order valence-electron chi connectivity index (χ2n) is 8.40. The van der Waals surface area contributed by atoms with Gasteiger partial charge >= 0.3 is 0 Å². The van der Waals surface area contributed by atoms with E-state index in [1.807, 2.05) is 18.2 Å². The van der Waals surface area contributed by atoms with Gasteiger partial charge in [0.05, 0.1) is 18.0 Å². The summed E-state index contributed by atoms with van der Waals surface area (Å²) in [5.74, 6) is 0.0577. The summed E-state index contributed by atoms with van der Waals surface area (Å²) >= 11 is 0. The van der Waals surface area contributed by atoms with Gasteiger partial charge in [0, 0.05) is 6.04 Å². The number of fused-ring (bicyclic) bond motifs is 1. The van der Waals surface area contributed by atoms with Crippen LogP contribution in [-0.2, 0) is 20.6 Å². The van der Waals surface area contributed by atoms with E-state index in [1.165, 1.54) is 23.6 Å². The van der Waals surface area contributed by atoms with Crippen LogP contribution in [0.2, 0.25) is 0 Å². The molecule has 2 aromatic carbocycles. The van der Waals surface area contributed by atoms with Gasteiger partial charge in [-0.1, -0.05) is 74.6 Å². The number of anilines is 1. The third-order valence-electron chi connectivity index (χ3n) is 6.01. The van der Waals surface area contributed by atoms with Crippen molar-refractivity contribution in [3.05, 3.63) is 60.2 Å². The molecule has 6 nitrogen and oxygen atoms in total. The number of carbonyl (C=O) groups excluding carboxylic acids is 1. The third kappa shape index (κ3) is 5.39. The highest BCUT2D eigenvalue weighted by Gasteiger charge is 2.37. The molecule has 1 N–H and O–H groups in total. The highest BCUT2D eigenvalue weighted by Crippen LogP contribution is 2.36. The number of rotatable bonds is 5. The number of ether oxygens (including phenoxy) is 1. The number of amides is 1. The lowest BCUT2D eigenvalue weighted by molar-refractivity contribution is -0.128.